The molecule has 0 fully saturated rings. The second kappa shape index (κ2) is 5.63. The highest BCUT2D eigenvalue weighted by atomic mass is 19.1. The molecule has 0 aliphatic carbocycles. The number of aryl methyl sites for hydroxylation is 1. The monoisotopic (exact) mass is 325 g/mol. The van der Waals surface area contributed by atoms with Crippen molar-refractivity contribution in [3.8, 4) is 11.5 Å². The molecule has 0 bridgehead atoms. The van der Waals surface area contributed by atoms with E-state index in [0.29, 0.717) is 30.4 Å². The van der Waals surface area contributed by atoms with Crippen LogP contribution in [0.25, 0.3) is 10.9 Å². The number of methoxy groups -OCH3 is 1. The molecule has 24 heavy (non-hydrogen) atoms. The highest BCUT2D eigenvalue weighted by Gasteiger charge is 2.25. The van der Waals surface area contributed by atoms with E-state index in [2.05, 4.69) is 9.97 Å². The number of ether oxygens (including phenoxy) is 2. The number of hydrogen-bond acceptors (Lipinski definition) is 5. The van der Waals surface area contributed by atoms with Crippen molar-refractivity contribution in [1.82, 2.24) is 9.97 Å². The maximum atomic E-state index is 14.2. The molecule has 1 aliphatic rings. The molecule has 6 heteroatoms. The van der Waals surface area contributed by atoms with Crippen LogP contribution in [-0.4, -0.2) is 30.2 Å². The van der Waals surface area contributed by atoms with Gasteiger partial charge in [-0.15, -0.1) is 0 Å². The summed E-state index contributed by atoms with van der Waals surface area (Å²) in [6.07, 6.45) is 0. The number of benzene rings is 2. The van der Waals surface area contributed by atoms with Gasteiger partial charge >= 0.3 is 0 Å². The molecule has 0 N–H and O–H groups in total. The zero-order valence-corrected chi connectivity index (χ0v) is 13.4. The number of hydrogen-bond donors (Lipinski definition) is 0. The minimum absolute atomic E-state index is 0.166. The van der Waals surface area contributed by atoms with Crippen molar-refractivity contribution < 1.29 is 13.9 Å². The summed E-state index contributed by atoms with van der Waals surface area (Å²) in [6, 6.07) is 10.8. The van der Waals surface area contributed by atoms with E-state index in [1.165, 1.54) is 13.2 Å². The first-order chi connectivity index (χ1) is 11.7. The lowest BCUT2D eigenvalue weighted by Crippen LogP contribution is -2.29. The average Bonchev–Trinajstić information content (AvgIpc) is 2.60. The van der Waals surface area contributed by atoms with E-state index in [4.69, 9.17) is 9.47 Å². The number of halogens is 1. The molecule has 1 aromatic heterocycles. The van der Waals surface area contributed by atoms with Gasteiger partial charge in [0.05, 0.1) is 24.9 Å². The second-order valence-corrected chi connectivity index (χ2v) is 5.57. The molecule has 0 spiro atoms. The van der Waals surface area contributed by atoms with E-state index in [9.17, 15) is 4.39 Å². The van der Waals surface area contributed by atoms with Crippen molar-refractivity contribution >= 4 is 22.4 Å². The van der Waals surface area contributed by atoms with Crippen LogP contribution in [0.15, 0.2) is 36.4 Å². The van der Waals surface area contributed by atoms with Crippen molar-refractivity contribution in [3.63, 3.8) is 0 Å². The number of fused-ring (bicyclic) bond motifs is 2. The first kappa shape index (κ1) is 14.7. The number of anilines is 2. The predicted octanol–water partition coefficient (Wildman–Crippen LogP) is 3.62. The van der Waals surface area contributed by atoms with E-state index in [0.717, 1.165) is 16.7 Å². The molecule has 4 rings (SSSR count). The zero-order valence-electron chi connectivity index (χ0n) is 13.4. The Hall–Kier alpha value is -2.89. The molecule has 2 aromatic carbocycles. The summed E-state index contributed by atoms with van der Waals surface area (Å²) in [6.45, 7) is 2.92. The lowest BCUT2D eigenvalue weighted by Gasteiger charge is -2.31. The maximum Gasteiger partial charge on any atom is 0.167 e. The van der Waals surface area contributed by atoms with Gasteiger partial charge in [-0.05, 0) is 19.1 Å². The van der Waals surface area contributed by atoms with Gasteiger partial charge in [0.25, 0.3) is 0 Å². The number of para-hydroxylation sites is 1. The van der Waals surface area contributed by atoms with Crippen molar-refractivity contribution in [2.45, 2.75) is 6.92 Å². The van der Waals surface area contributed by atoms with Crippen molar-refractivity contribution in [3.05, 3.63) is 48.0 Å². The first-order valence-corrected chi connectivity index (χ1v) is 7.68. The fraction of sp³-hybridized carbons (Fsp3) is 0.222. The molecule has 0 atom stereocenters. The minimum atomic E-state index is -0.429. The van der Waals surface area contributed by atoms with Gasteiger partial charge in [0.1, 0.15) is 24.0 Å². The van der Waals surface area contributed by atoms with Crippen LogP contribution in [0.5, 0.6) is 11.5 Å². The molecule has 2 heterocycles. The highest BCUT2D eigenvalue weighted by molar-refractivity contribution is 5.92. The fourth-order valence-corrected chi connectivity index (χ4v) is 2.97. The minimum Gasteiger partial charge on any atom is -0.494 e. The van der Waals surface area contributed by atoms with Gasteiger partial charge in [0.2, 0.25) is 0 Å². The van der Waals surface area contributed by atoms with E-state index in [1.54, 1.807) is 6.07 Å². The van der Waals surface area contributed by atoms with Gasteiger partial charge in [-0.2, -0.15) is 0 Å². The molecule has 0 radical (unpaired) electrons. The molecule has 0 amide bonds. The Morgan fingerprint density at radius 1 is 1.21 bits per heavy atom. The predicted molar refractivity (Wildman–Crippen MR) is 89.7 cm³/mol. The van der Waals surface area contributed by atoms with Crippen molar-refractivity contribution in [2.24, 2.45) is 0 Å². The Kier molecular flexibility index (Phi) is 3.45. The summed E-state index contributed by atoms with van der Waals surface area (Å²) >= 11 is 0. The average molecular weight is 325 g/mol. The smallest absolute Gasteiger partial charge is 0.167 e. The Morgan fingerprint density at radius 2 is 2.04 bits per heavy atom. The van der Waals surface area contributed by atoms with Crippen LogP contribution in [0.1, 0.15) is 5.82 Å². The second-order valence-electron chi connectivity index (χ2n) is 5.57. The van der Waals surface area contributed by atoms with Crippen LogP contribution >= 0.6 is 0 Å². The maximum absolute atomic E-state index is 14.2. The first-order valence-electron chi connectivity index (χ1n) is 7.68. The number of nitrogens with zero attached hydrogens (tertiary/aromatic N) is 3. The molecular formula is C18H16FN3O2. The van der Waals surface area contributed by atoms with Crippen LogP contribution < -0.4 is 14.4 Å². The summed E-state index contributed by atoms with van der Waals surface area (Å²) in [4.78, 5) is 11.0. The SMILES string of the molecule is COc1cc2c(cc1F)N(c1nc(C)nc3ccccc13)CCO2. The van der Waals surface area contributed by atoms with E-state index in [1.807, 2.05) is 36.1 Å². The van der Waals surface area contributed by atoms with Crippen LogP contribution in [-0.2, 0) is 0 Å². The van der Waals surface area contributed by atoms with Gasteiger partial charge in [0, 0.05) is 17.5 Å². The van der Waals surface area contributed by atoms with Gasteiger partial charge in [-0.3, -0.25) is 0 Å². The molecule has 3 aromatic rings. The zero-order chi connectivity index (χ0) is 16.7. The summed E-state index contributed by atoms with van der Waals surface area (Å²) in [5.41, 5.74) is 1.50. The molecule has 1 aliphatic heterocycles. The van der Waals surface area contributed by atoms with Crippen molar-refractivity contribution in [2.75, 3.05) is 25.2 Å². The van der Waals surface area contributed by atoms with Crippen LogP contribution in [0.4, 0.5) is 15.9 Å². The summed E-state index contributed by atoms with van der Waals surface area (Å²) < 4.78 is 24.9. The van der Waals surface area contributed by atoms with Crippen molar-refractivity contribution in [1.29, 1.82) is 0 Å². The molecule has 122 valence electrons. The summed E-state index contributed by atoms with van der Waals surface area (Å²) in [7, 11) is 1.44. The standard InChI is InChI=1S/C18H16FN3O2/c1-11-20-14-6-4-3-5-12(14)18(21-11)22-7-8-24-17-10-16(23-2)13(19)9-15(17)22/h3-6,9-10H,7-8H2,1-2H3. The molecule has 5 nitrogen and oxygen atoms in total. The highest BCUT2D eigenvalue weighted by Crippen LogP contribution is 2.41. The number of rotatable bonds is 2. The van der Waals surface area contributed by atoms with Crippen LogP contribution in [0.2, 0.25) is 0 Å². The normalized spacial score (nSPS) is 13.5. The quantitative estimate of drug-likeness (QED) is 0.720. The summed E-state index contributed by atoms with van der Waals surface area (Å²) in [5.74, 6) is 1.75. The Morgan fingerprint density at radius 3 is 2.88 bits per heavy atom. The van der Waals surface area contributed by atoms with E-state index >= 15 is 0 Å². The molecule has 0 unspecified atom stereocenters. The third kappa shape index (κ3) is 2.31. The lowest BCUT2D eigenvalue weighted by molar-refractivity contribution is 0.308. The largest absolute Gasteiger partial charge is 0.494 e. The lowest BCUT2D eigenvalue weighted by atomic mass is 10.1. The van der Waals surface area contributed by atoms with Gasteiger partial charge in [-0.25, -0.2) is 14.4 Å². The van der Waals surface area contributed by atoms with Gasteiger partial charge < -0.3 is 14.4 Å². The van der Waals surface area contributed by atoms with E-state index in [-0.39, 0.29) is 5.75 Å². The van der Waals surface area contributed by atoms with Crippen LogP contribution in [0, 0.1) is 12.7 Å². The third-order valence-corrected chi connectivity index (χ3v) is 4.05. The molecule has 0 saturated carbocycles. The Balaban J connectivity index is 1.93. The Bertz CT molecular complexity index is 930. The molecular weight excluding hydrogens is 309 g/mol. The van der Waals surface area contributed by atoms with Gasteiger partial charge in [-0.1, -0.05) is 12.1 Å². The van der Waals surface area contributed by atoms with Gasteiger partial charge in [0.15, 0.2) is 11.6 Å². The Labute approximate surface area is 138 Å². The molecule has 0 saturated heterocycles. The van der Waals surface area contributed by atoms with Crippen LogP contribution in [0.3, 0.4) is 0 Å². The third-order valence-electron chi connectivity index (χ3n) is 4.05. The number of aromatic nitrogens is 2. The van der Waals surface area contributed by atoms with E-state index < -0.39 is 5.82 Å². The fourth-order valence-electron chi connectivity index (χ4n) is 2.97. The topological polar surface area (TPSA) is 47.5 Å². The summed E-state index contributed by atoms with van der Waals surface area (Å²) in [5, 5.41) is 0.923.